The van der Waals surface area contributed by atoms with E-state index in [1.807, 2.05) is 30.3 Å². The van der Waals surface area contributed by atoms with E-state index < -0.39 is 6.04 Å². The van der Waals surface area contributed by atoms with Gasteiger partial charge in [0.15, 0.2) is 5.78 Å². The van der Waals surface area contributed by atoms with Crippen LogP contribution in [0.3, 0.4) is 0 Å². The second-order valence-electron chi connectivity index (χ2n) is 7.78. The van der Waals surface area contributed by atoms with Gasteiger partial charge in [0.1, 0.15) is 11.8 Å². The smallest absolute Gasteiger partial charge is 0.224 e. The molecular formula is C21H22N2O3. The highest BCUT2D eigenvalue weighted by molar-refractivity contribution is 6.05. The van der Waals surface area contributed by atoms with Crippen LogP contribution in [0.2, 0.25) is 0 Å². The number of para-hydroxylation sites is 2. The summed E-state index contributed by atoms with van der Waals surface area (Å²) >= 11 is 0. The third kappa shape index (κ3) is 2.64. The molecule has 1 atom stereocenters. The summed E-state index contributed by atoms with van der Waals surface area (Å²) in [6.07, 6.45) is 2.77. The Balaban J connectivity index is 2.00. The molecule has 2 aromatic rings. The van der Waals surface area contributed by atoms with Gasteiger partial charge in [-0.2, -0.15) is 0 Å². The number of nitrogens with zero attached hydrogens (tertiary/aromatic N) is 1. The molecule has 1 aliphatic heterocycles. The molecule has 1 aromatic carbocycles. The average Bonchev–Trinajstić information content (AvgIpc) is 3.02. The summed E-state index contributed by atoms with van der Waals surface area (Å²) < 4.78 is 5.67. The summed E-state index contributed by atoms with van der Waals surface area (Å²) in [7, 11) is 0. The highest BCUT2D eigenvalue weighted by Crippen LogP contribution is 2.48. The van der Waals surface area contributed by atoms with Crippen molar-refractivity contribution in [1.29, 1.82) is 0 Å². The molecular weight excluding hydrogens is 328 g/mol. The van der Waals surface area contributed by atoms with Gasteiger partial charge in [-0.15, -0.1) is 0 Å². The van der Waals surface area contributed by atoms with E-state index in [0.29, 0.717) is 17.8 Å². The zero-order valence-corrected chi connectivity index (χ0v) is 15.2. The number of anilines is 2. The number of amides is 1. The SMILES string of the molecule is CC(=O)N1c2ccccc2NC2=C(C(=O)CC(C)(C)C2)C1c1ccco1. The fraction of sp³-hybridized carbons (Fsp3) is 0.333. The molecule has 1 aromatic heterocycles. The van der Waals surface area contributed by atoms with Crippen molar-refractivity contribution in [2.75, 3.05) is 10.2 Å². The van der Waals surface area contributed by atoms with Gasteiger partial charge >= 0.3 is 0 Å². The number of hydrogen-bond donors (Lipinski definition) is 1. The molecule has 134 valence electrons. The van der Waals surface area contributed by atoms with Crippen LogP contribution in [0, 0.1) is 5.41 Å². The van der Waals surface area contributed by atoms with Gasteiger partial charge in [-0.3, -0.25) is 14.5 Å². The molecule has 2 aliphatic rings. The summed E-state index contributed by atoms with van der Waals surface area (Å²) in [5, 5.41) is 3.45. The number of carbonyl (C=O) groups excluding carboxylic acids is 2. The molecule has 1 unspecified atom stereocenters. The van der Waals surface area contributed by atoms with Gasteiger partial charge in [-0.25, -0.2) is 0 Å². The van der Waals surface area contributed by atoms with Crippen LogP contribution in [0.1, 0.15) is 45.4 Å². The van der Waals surface area contributed by atoms with E-state index in [-0.39, 0.29) is 17.1 Å². The van der Waals surface area contributed by atoms with Gasteiger partial charge in [0.05, 0.1) is 17.6 Å². The van der Waals surface area contributed by atoms with Crippen molar-refractivity contribution in [3.63, 3.8) is 0 Å². The predicted octanol–water partition coefficient (Wildman–Crippen LogP) is 4.44. The summed E-state index contributed by atoms with van der Waals surface area (Å²) in [5.41, 5.74) is 2.96. The third-order valence-corrected chi connectivity index (χ3v) is 5.05. The maximum absolute atomic E-state index is 13.1. The summed E-state index contributed by atoms with van der Waals surface area (Å²) in [5.74, 6) is 0.524. The summed E-state index contributed by atoms with van der Waals surface area (Å²) in [6, 6.07) is 10.7. The number of nitrogens with one attached hydrogen (secondary N) is 1. The Labute approximate surface area is 152 Å². The number of fused-ring (bicyclic) bond motifs is 1. The van der Waals surface area contributed by atoms with Crippen molar-refractivity contribution in [3.8, 4) is 0 Å². The van der Waals surface area contributed by atoms with Crippen LogP contribution in [-0.2, 0) is 9.59 Å². The van der Waals surface area contributed by atoms with Crippen molar-refractivity contribution >= 4 is 23.1 Å². The minimum atomic E-state index is -0.558. The predicted molar refractivity (Wildman–Crippen MR) is 99.7 cm³/mol. The molecule has 0 bridgehead atoms. The van der Waals surface area contributed by atoms with Crippen LogP contribution in [0.15, 0.2) is 58.3 Å². The van der Waals surface area contributed by atoms with Crippen LogP contribution in [0.25, 0.3) is 0 Å². The summed E-state index contributed by atoms with van der Waals surface area (Å²) in [6.45, 7) is 5.71. The van der Waals surface area contributed by atoms with Crippen molar-refractivity contribution < 1.29 is 14.0 Å². The standard InChI is InChI=1S/C21H22N2O3/c1-13(24)23-16-8-5-4-7-14(16)22-15-11-21(2,3)12-17(25)19(15)20(23)18-9-6-10-26-18/h4-10,20,22H,11-12H2,1-3H3. The number of allylic oxidation sites excluding steroid dienone is 1. The number of benzene rings is 1. The van der Waals surface area contributed by atoms with E-state index in [1.54, 1.807) is 17.2 Å². The Bertz CT molecular complexity index is 909. The van der Waals surface area contributed by atoms with Crippen molar-refractivity contribution in [2.24, 2.45) is 5.41 Å². The monoisotopic (exact) mass is 350 g/mol. The average molecular weight is 350 g/mol. The van der Waals surface area contributed by atoms with Gasteiger partial charge in [-0.05, 0) is 36.1 Å². The molecule has 0 fully saturated rings. The van der Waals surface area contributed by atoms with Crippen molar-refractivity contribution in [2.45, 2.75) is 39.7 Å². The Kier molecular flexibility index (Phi) is 3.75. The number of carbonyl (C=O) groups is 2. The molecule has 0 spiro atoms. The number of hydrogen-bond acceptors (Lipinski definition) is 4. The normalized spacial score (nSPS) is 21.6. The van der Waals surface area contributed by atoms with E-state index in [0.717, 1.165) is 23.5 Å². The number of furan rings is 1. The lowest BCUT2D eigenvalue weighted by Gasteiger charge is -2.35. The second kappa shape index (κ2) is 5.87. The van der Waals surface area contributed by atoms with E-state index >= 15 is 0 Å². The van der Waals surface area contributed by atoms with Gasteiger partial charge in [0, 0.05) is 24.6 Å². The maximum Gasteiger partial charge on any atom is 0.224 e. The molecule has 0 radical (unpaired) electrons. The van der Waals surface area contributed by atoms with E-state index in [4.69, 9.17) is 4.42 Å². The van der Waals surface area contributed by atoms with E-state index in [9.17, 15) is 9.59 Å². The molecule has 0 saturated heterocycles. The number of ketones is 1. The third-order valence-electron chi connectivity index (χ3n) is 5.05. The first-order chi connectivity index (χ1) is 12.4. The van der Waals surface area contributed by atoms with E-state index in [2.05, 4.69) is 19.2 Å². The lowest BCUT2D eigenvalue weighted by atomic mass is 9.74. The van der Waals surface area contributed by atoms with Crippen LogP contribution in [0.4, 0.5) is 11.4 Å². The molecule has 26 heavy (non-hydrogen) atoms. The van der Waals surface area contributed by atoms with Crippen LogP contribution < -0.4 is 10.2 Å². The first-order valence-electron chi connectivity index (χ1n) is 8.83. The van der Waals surface area contributed by atoms with E-state index in [1.165, 1.54) is 6.92 Å². The Morgan fingerprint density at radius 1 is 1.19 bits per heavy atom. The first kappa shape index (κ1) is 16.6. The fourth-order valence-electron chi connectivity index (χ4n) is 4.05. The Morgan fingerprint density at radius 3 is 2.65 bits per heavy atom. The Hall–Kier alpha value is -2.82. The van der Waals surface area contributed by atoms with Gasteiger partial charge in [-0.1, -0.05) is 26.0 Å². The molecule has 2 heterocycles. The zero-order valence-electron chi connectivity index (χ0n) is 15.2. The van der Waals surface area contributed by atoms with Crippen molar-refractivity contribution in [1.82, 2.24) is 0 Å². The van der Waals surface area contributed by atoms with Crippen LogP contribution >= 0.6 is 0 Å². The lowest BCUT2D eigenvalue weighted by Crippen LogP contribution is -2.38. The molecule has 1 N–H and O–H groups in total. The molecule has 5 nitrogen and oxygen atoms in total. The zero-order chi connectivity index (χ0) is 18.5. The quantitative estimate of drug-likeness (QED) is 0.826. The lowest BCUT2D eigenvalue weighted by molar-refractivity contribution is -0.118. The highest BCUT2D eigenvalue weighted by atomic mass is 16.3. The number of Topliss-reactive ketones (excluding diaryl/α,β-unsaturated/α-hetero) is 1. The van der Waals surface area contributed by atoms with Gasteiger partial charge < -0.3 is 9.73 Å². The van der Waals surface area contributed by atoms with Crippen LogP contribution in [-0.4, -0.2) is 11.7 Å². The van der Waals surface area contributed by atoms with Gasteiger partial charge in [0.25, 0.3) is 0 Å². The fourth-order valence-corrected chi connectivity index (χ4v) is 4.05. The highest BCUT2D eigenvalue weighted by Gasteiger charge is 2.43. The minimum Gasteiger partial charge on any atom is -0.467 e. The first-order valence-corrected chi connectivity index (χ1v) is 8.83. The molecule has 0 saturated carbocycles. The van der Waals surface area contributed by atoms with Crippen LogP contribution in [0.5, 0.6) is 0 Å². The van der Waals surface area contributed by atoms with Crippen molar-refractivity contribution in [3.05, 3.63) is 59.7 Å². The number of rotatable bonds is 1. The largest absolute Gasteiger partial charge is 0.467 e. The molecule has 5 heteroatoms. The molecule has 1 aliphatic carbocycles. The minimum absolute atomic E-state index is 0.0595. The Morgan fingerprint density at radius 2 is 1.96 bits per heavy atom. The molecule has 1 amide bonds. The van der Waals surface area contributed by atoms with Gasteiger partial charge in [0.2, 0.25) is 5.91 Å². The second-order valence-corrected chi connectivity index (χ2v) is 7.78. The molecule has 4 rings (SSSR count). The topological polar surface area (TPSA) is 62.6 Å². The maximum atomic E-state index is 13.1. The summed E-state index contributed by atoms with van der Waals surface area (Å²) in [4.78, 5) is 27.5.